The predicted molar refractivity (Wildman–Crippen MR) is 80.8 cm³/mol. The average molecular weight is 296 g/mol. The van der Waals surface area contributed by atoms with Crippen molar-refractivity contribution in [3.63, 3.8) is 0 Å². The highest BCUT2D eigenvalue weighted by Gasteiger charge is 2.28. The van der Waals surface area contributed by atoms with Crippen molar-refractivity contribution in [2.45, 2.75) is 65.2 Å². The number of carbonyl (C=O) groups is 1. The van der Waals surface area contributed by atoms with Gasteiger partial charge in [0.2, 0.25) is 0 Å². The molecule has 0 heterocycles. The molecule has 0 amide bonds. The molecule has 0 radical (unpaired) electrons. The summed E-state index contributed by atoms with van der Waals surface area (Å²) in [6.45, 7) is 9.91. The standard InChI is InChI=1S/C14H29NO3.ClH/c1-8-10(2)13(15-6)11(17-7)9-12(16)18-14(3,4)5;/h10-11,13,15H,8-9H2,1-7H3;1H/t10-,11+,13?;/m0./s1. The number of ether oxygens (including phenoxy) is 2. The largest absolute Gasteiger partial charge is 0.460 e. The topological polar surface area (TPSA) is 47.6 Å². The number of nitrogens with one attached hydrogen (secondary N) is 1. The van der Waals surface area contributed by atoms with Crippen LogP contribution in [0.2, 0.25) is 0 Å². The summed E-state index contributed by atoms with van der Waals surface area (Å²) in [5, 5.41) is 3.24. The molecule has 0 saturated heterocycles. The van der Waals surface area contributed by atoms with Crippen molar-refractivity contribution < 1.29 is 14.3 Å². The normalized spacial score (nSPS) is 16.2. The van der Waals surface area contributed by atoms with Crippen LogP contribution >= 0.6 is 12.4 Å². The number of hydrogen-bond donors (Lipinski definition) is 1. The van der Waals surface area contributed by atoms with E-state index in [9.17, 15) is 4.79 Å². The van der Waals surface area contributed by atoms with Gasteiger partial charge in [-0.05, 0) is 33.7 Å². The number of halogens is 1. The van der Waals surface area contributed by atoms with Gasteiger partial charge in [0.05, 0.1) is 12.5 Å². The summed E-state index contributed by atoms with van der Waals surface area (Å²) >= 11 is 0. The summed E-state index contributed by atoms with van der Waals surface area (Å²) < 4.78 is 10.8. The van der Waals surface area contributed by atoms with E-state index in [1.165, 1.54) is 0 Å². The summed E-state index contributed by atoms with van der Waals surface area (Å²) in [6.07, 6.45) is 1.17. The Kier molecular flexibility index (Phi) is 10.6. The van der Waals surface area contributed by atoms with Crippen molar-refractivity contribution in [3.8, 4) is 0 Å². The number of carbonyl (C=O) groups excluding carboxylic acids is 1. The van der Waals surface area contributed by atoms with Gasteiger partial charge in [0.15, 0.2) is 0 Å². The monoisotopic (exact) mass is 295 g/mol. The third-order valence-electron chi connectivity index (χ3n) is 3.08. The Morgan fingerprint density at radius 1 is 1.32 bits per heavy atom. The minimum atomic E-state index is -0.444. The molecule has 1 unspecified atom stereocenters. The van der Waals surface area contributed by atoms with Crippen molar-refractivity contribution in [1.29, 1.82) is 0 Å². The molecule has 19 heavy (non-hydrogen) atoms. The van der Waals surface area contributed by atoms with Crippen molar-refractivity contribution in [2.24, 2.45) is 5.92 Å². The van der Waals surface area contributed by atoms with Gasteiger partial charge in [-0.25, -0.2) is 0 Å². The van der Waals surface area contributed by atoms with Gasteiger partial charge in [-0.2, -0.15) is 0 Å². The molecule has 0 fully saturated rings. The first-order valence-electron chi connectivity index (χ1n) is 6.67. The Balaban J connectivity index is 0. The Hall–Kier alpha value is -0.320. The first-order valence-corrected chi connectivity index (χ1v) is 6.67. The fourth-order valence-corrected chi connectivity index (χ4v) is 2.00. The molecule has 116 valence electrons. The molecule has 0 aliphatic rings. The number of rotatable bonds is 7. The molecule has 0 rings (SSSR count). The average Bonchev–Trinajstić information content (AvgIpc) is 2.25. The zero-order valence-electron chi connectivity index (χ0n) is 13.3. The van der Waals surface area contributed by atoms with Gasteiger partial charge < -0.3 is 14.8 Å². The van der Waals surface area contributed by atoms with Gasteiger partial charge in [0.25, 0.3) is 0 Å². The lowest BCUT2D eigenvalue weighted by atomic mass is 9.92. The minimum Gasteiger partial charge on any atom is -0.460 e. The van der Waals surface area contributed by atoms with Crippen LogP contribution in [0.4, 0.5) is 0 Å². The molecule has 0 aromatic heterocycles. The van der Waals surface area contributed by atoms with E-state index in [4.69, 9.17) is 9.47 Å². The summed E-state index contributed by atoms with van der Waals surface area (Å²) in [7, 11) is 3.54. The van der Waals surface area contributed by atoms with E-state index in [1.807, 2.05) is 27.8 Å². The Morgan fingerprint density at radius 3 is 2.16 bits per heavy atom. The zero-order chi connectivity index (χ0) is 14.3. The first kappa shape index (κ1) is 21.0. The van der Waals surface area contributed by atoms with Crippen LogP contribution in [0.5, 0.6) is 0 Å². The SMILES string of the molecule is CC[C@H](C)C(NC)[C@@H](CC(=O)OC(C)(C)C)OC.Cl. The Labute approximate surface area is 124 Å². The van der Waals surface area contributed by atoms with Gasteiger partial charge in [-0.1, -0.05) is 20.3 Å². The lowest BCUT2D eigenvalue weighted by Crippen LogP contribution is -2.45. The molecule has 0 saturated carbocycles. The van der Waals surface area contributed by atoms with Crippen LogP contribution in [-0.4, -0.2) is 37.9 Å². The predicted octanol–water partition coefficient (Wildman–Crippen LogP) is 2.79. The number of hydrogen-bond acceptors (Lipinski definition) is 4. The molecule has 0 spiro atoms. The fraction of sp³-hybridized carbons (Fsp3) is 0.929. The summed E-state index contributed by atoms with van der Waals surface area (Å²) in [5.74, 6) is 0.236. The van der Waals surface area contributed by atoms with E-state index in [-0.39, 0.29) is 36.9 Å². The Bertz CT molecular complexity index is 254. The quantitative estimate of drug-likeness (QED) is 0.734. The maximum Gasteiger partial charge on any atom is 0.309 e. The van der Waals surface area contributed by atoms with Crippen LogP contribution in [0.3, 0.4) is 0 Å². The molecule has 0 aromatic carbocycles. The van der Waals surface area contributed by atoms with Crippen molar-refractivity contribution in [3.05, 3.63) is 0 Å². The summed E-state index contributed by atoms with van der Waals surface area (Å²) in [6, 6.07) is 0.160. The second kappa shape index (κ2) is 9.56. The van der Waals surface area contributed by atoms with Crippen LogP contribution in [0.25, 0.3) is 0 Å². The maximum atomic E-state index is 11.8. The highest BCUT2D eigenvalue weighted by Crippen LogP contribution is 2.18. The first-order chi connectivity index (χ1) is 8.25. The lowest BCUT2D eigenvalue weighted by molar-refractivity contribution is -0.158. The smallest absolute Gasteiger partial charge is 0.309 e. The highest BCUT2D eigenvalue weighted by molar-refractivity contribution is 5.85. The number of esters is 1. The van der Waals surface area contributed by atoms with Gasteiger partial charge in [0.1, 0.15) is 5.60 Å². The van der Waals surface area contributed by atoms with E-state index in [0.717, 1.165) is 6.42 Å². The van der Waals surface area contributed by atoms with E-state index in [0.29, 0.717) is 5.92 Å². The van der Waals surface area contributed by atoms with Gasteiger partial charge >= 0.3 is 5.97 Å². The van der Waals surface area contributed by atoms with Crippen molar-refractivity contribution in [2.75, 3.05) is 14.2 Å². The van der Waals surface area contributed by atoms with Crippen molar-refractivity contribution >= 4 is 18.4 Å². The summed E-state index contributed by atoms with van der Waals surface area (Å²) in [5.41, 5.74) is -0.444. The fourth-order valence-electron chi connectivity index (χ4n) is 2.00. The van der Waals surface area contributed by atoms with Gasteiger partial charge in [0, 0.05) is 13.2 Å². The maximum absolute atomic E-state index is 11.8. The second-order valence-corrected chi connectivity index (χ2v) is 5.76. The lowest BCUT2D eigenvalue weighted by Gasteiger charge is -2.30. The molecule has 0 bridgehead atoms. The summed E-state index contributed by atoms with van der Waals surface area (Å²) in [4.78, 5) is 11.8. The highest BCUT2D eigenvalue weighted by atomic mass is 35.5. The van der Waals surface area contributed by atoms with Crippen molar-refractivity contribution in [1.82, 2.24) is 5.32 Å². The van der Waals surface area contributed by atoms with E-state index in [1.54, 1.807) is 7.11 Å². The number of likely N-dealkylation sites (N-methyl/N-ethyl adjacent to an activating group) is 1. The van der Waals surface area contributed by atoms with Crippen LogP contribution < -0.4 is 5.32 Å². The zero-order valence-corrected chi connectivity index (χ0v) is 14.1. The molecule has 0 aliphatic carbocycles. The molecular weight excluding hydrogens is 266 g/mol. The second-order valence-electron chi connectivity index (χ2n) is 5.76. The van der Waals surface area contributed by atoms with E-state index in [2.05, 4.69) is 19.2 Å². The van der Waals surface area contributed by atoms with Crippen LogP contribution in [0.1, 0.15) is 47.5 Å². The third kappa shape index (κ3) is 8.45. The van der Waals surface area contributed by atoms with Crippen LogP contribution in [0, 0.1) is 5.92 Å². The number of methoxy groups -OCH3 is 1. The third-order valence-corrected chi connectivity index (χ3v) is 3.08. The van der Waals surface area contributed by atoms with Gasteiger partial charge in [-0.3, -0.25) is 4.79 Å². The molecule has 0 aromatic rings. The molecular formula is C14H30ClNO3. The van der Waals surface area contributed by atoms with Crippen LogP contribution in [0.15, 0.2) is 0 Å². The molecule has 1 N–H and O–H groups in total. The van der Waals surface area contributed by atoms with E-state index < -0.39 is 5.60 Å². The molecule has 0 aliphatic heterocycles. The van der Waals surface area contributed by atoms with E-state index >= 15 is 0 Å². The van der Waals surface area contributed by atoms with Crippen LogP contribution in [-0.2, 0) is 14.3 Å². The molecule has 5 heteroatoms. The molecule has 4 nitrogen and oxygen atoms in total. The Morgan fingerprint density at radius 2 is 1.84 bits per heavy atom. The van der Waals surface area contributed by atoms with Gasteiger partial charge in [-0.15, -0.1) is 12.4 Å². The molecule has 3 atom stereocenters. The minimum absolute atomic E-state index is 0.